The van der Waals surface area contributed by atoms with Crippen LogP contribution >= 0.6 is 0 Å². The molecule has 1 N–H and O–H groups in total. The summed E-state index contributed by atoms with van der Waals surface area (Å²) < 4.78 is 42.1. The van der Waals surface area contributed by atoms with Gasteiger partial charge in [-0.25, -0.2) is 8.78 Å². The lowest BCUT2D eigenvalue weighted by Gasteiger charge is -2.12. The Balaban J connectivity index is 2.19. The molecule has 0 unspecified atom stereocenters. The summed E-state index contributed by atoms with van der Waals surface area (Å²) in [4.78, 5) is 11.9. The highest BCUT2D eigenvalue weighted by Crippen LogP contribution is 2.38. The lowest BCUT2D eigenvalue weighted by atomic mass is 10.1. The fourth-order valence-corrected chi connectivity index (χ4v) is 2.13. The topological polar surface area (TPSA) is 56.8 Å². The number of carbonyl (C=O) groups excluding carboxylic acids is 1. The van der Waals surface area contributed by atoms with Crippen molar-refractivity contribution in [3.63, 3.8) is 0 Å². The second-order valence-electron chi connectivity index (χ2n) is 4.91. The van der Waals surface area contributed by atoms with Crippen molar-refractivity contribution in [1.29, 1.82) is 0 Å². The predicted molar refractivity (Wildman–Crippen MR) is 90.1 cm³/mol. The van der Waals surface area contributed by atoms with Crippen LogP contribution in [0.1, 0.15) is 5.56 Å². The molecule has 0 aliphatic carbocycles. The minimum absolute atomic E-state index is 0.110. The predicted octanol–water partition coefficient (Wildman–Crippen LogP) is 3.64. The third-order valence-corrected chi connectivity index (χ3v) is 3.30. The SMILES string of the molecule is COc1cc(/C=C\C(=O)Nc2ccc(F)cc2F)cc(OC)c1OC. The smallest absolute Gasteiger partial charge is 0.248 e. The lowest BCUT2D eigenvalue weighted by molar-refractivity contribution is -0.111. The molecule has 1 amide bonds. The van der Waals surface area contributed by atoms with E-state index in [-0.39, 0.29) is 5.69 Å². The van der Waals surface area contributed by atoms with E-state index in [9.17, 15) is 13.6 Å². The third kappa shape index (κ3) is 4.47. The minimum Gasteiger partial charge on any atom is -0.493 e. The summed E-state index contributed by atoms with van der Waals surface area (Å²) in [5.41, 5.74) is 0.505. The molecule has 0 aromatic heterocycles. The van der Waals surface area contributed by atoms with Gasteiger partial charge in [0.1, 0.15) is 11.6 Å². The van der Waals surface area contributed by atoms with E-state index in [1.807, 2.05) is 0 Å². The van der Waals surface area contributed by atoms with Crippen LogP contribution in [0.4, 0.5) is 14.5 Å². The summed E-state index contributed by atoms with van der Waals surface area (Å²) in [6.07, 6.45) is 2.71. The highest BCUT2D eigenvalue weighted by molar-refractivity contribution is 6.02. The Morgan fingerprint density at radius 2 is 1.64 bits per heavy atom. The summed E-state index contributed by atoms with van der Waals surface area (Å²) in [6, 6.07) is 6.21. The van der Waals surface area contributed by atoms with Crippen LogP contribution in [0.2, 0.25) is 0 Å². The van der Waals surface area contributed by atoms with Crippen LogP contribution in [0.5, 0.6) is 17.2 Å². The molecule has 0 fully saturated rings. The lowest BCUT2D eigenvalue weighted by Crippen LogP contribution is -2.09. The summed E-state index contributed by atoms with van der Waals surface area (Å²) in [5, 5.41) is 2.33. The molecule has 2 aromatic rings. The third-order valence-electron chi connectivity index (χ3n) is 3.30. The van der Waals surface area contributed by atoms with Crippen molar-refractivity contribution in [2.45, 2.75) is 0 Å². The van der Waals surface area contributed by atoms with E-state index in [0.717, 1.165) is 12.1 Å². The highest BCUT2D eigenvalue weighted by Gasteiger charge is 2.12. The van der Waals surface area contributed by atoms with Crippen molar-refractivity contribution in [3.05, 3.63) is 53.6 Å². The number of hydrogen-bond donors (Lipinski definition) is 1. The summed E-state index contributed by atoms with van der Waals surface area (Å²) >= 11 is 0. The fourth-order valence-electron chi connectivity index (χ4n) is 2.13. The first-order valence-electron chi connectivity index (χ1n) is 7.22. The van der Waals surface area contributed by atoms with Crippen molar-refractivity contribution in [2.75, 3.05) is 26.6 Å². The molecule has 0 saturated carbocycles. The first kappa shape index (κ1) is 18.3. The van der Waals surface area contributed by atoms with Crippen molar-refractivity contribution in [3.8, 4) is 17.2 Å². The Hall–Kier alpha value is -3.09. The fraction of sp³-hybridized carbons (Fsp3) is 0.167. The zero-order valence-electron chi connectivity index (χ0n) is 13.9. The van der Waals surface area contributed by atoms with Crippen molar-refractivity contribution in [1.82, 2.24) is 0 Å². The van der Waals surface area contributed by atoms with E-state index in [2.05, 4.69) is 5.32 Å². The van der Waals surface area contributed by atoms with E-state index in [1.54, 1.807) is 12.1 Å². The number of benzene rings is 2. The molecule has 25 heavy (non-hydrogen) atoms. The average molecular weight is 349 g/mol. The van der Waals surface area contributed by atoms with Crippen LogP contribution in [-0.2, 0) is 4.79 Å². The molecule has 132 valence electrons. The zero-order valence-corrected chi connectivity index (χ0v) is 13.9. The van der Waals surface area contributed by atoms with Crippen LogP contribution in [-0.4, -0.2) is 27.2 Å². The van der Waals surface area contributed by atoms with Gasteiger partial charge < -0.3 is 19.5 Å². The van der Waals surface area contributed by atoms with Gasteiger partial charge in [0.15, 0.2) is 11.5 Å². The van der Waals surface area contributed by atoms with Gasteiger partial charge in [0.05, 0.1) is 27.0 Å². The largest absolute Gasteiger partial charge is 0.493 e. The Morgan fingerprint density at radius 1 is 1.00 bits per heavy atom. The summed E-state index contributed by atoms with van der Waals surface area (Å²) in [7, 11) is 4.45. The second kappa shape index (κ2) is 8.14. The van der Waals surface area contributed by atoms with Crippen molar-refractivity contribution in [2.24, 2.45) is 0 Å². The maximum atomic E-state index is 13.5. The maximum Gasteiger partial charge on any atom is 0.248 e. The normalized spacial score (nSPS) is 10.6. The van der Waals surface area contributed by atoms with E-state index in [0.29, 0.717) is 28.9 Å². The number of carbonyl (C=O) groups is 1. The molecule has 2 rings (SSSR count). The molecule has 0 atom stereocenters. The van der Waals surface area contributed by atoms with Gasteiger partial charge in [-0.15, -0.1) is 0 Å². The molecule has 0 heterocycles. The second-order valence-corrected chi connectivity index (χ2v) is 4.91. The standard InChI is InChI=1S/C18H17F2NO4/c1-23-15-8-11(9-16(24-2)18(15)25-3)4-7-17(22)21-14-6-5-12(19)10-13(14)20/h4-10H,1-3H3,(H,21,22)/b7-4-. The number of hydrogen-bond acceptors (Lipinski definition) is 4. The van der Waals surface area contributed by atoms with Crippen molar-refractivity contribution < 1.29 is 27.8 Å². The van der Waals surface area contributed by atoms with Gasteiger partial charge in [-0.3, -0.25) is 4.79 Å². The Morgan fingerprint density at radius 3 is 2.16 bits per heavy atom. The molecular weight excluding hydrogens is 332 g/mol. The molecule has 0 radical (unpaired) electrons. The number of halogens is 2. The van der Waals surface area contributed by atoms with E-state index in [4.69, 9.17) is 14.2 Å². The van der Waals surface area contributed by atoms with Crippen molar-refractivity contribution >= 4 is 17.7 Å². The van der Waals surface area contributed by atoms with Gasteiger partial charge in [-0.2, -0.15) is 0 Å². The molecule has 0 aliphatic rings. The van der Waals surface area contributed by atoms with Gasteiger partial charge in [0, 0.05) is 12.1 Å². The first-order chi connectivity index (χ1) is 12.0. The van der Waals surface area contributed by atoms with Gasteiger partial charge >= 0.3 is 0 Å². The molecular formula is C18H17F2NO4. The number of ether oxygens (including phenoxy) is 3. The maximum absolute atomic E-state index is 13.5. The Bertz CT molecular complexity index is 781. The molecule has 7 heteroatoms. The van der Waals surface area contributed by atoms with Gasteiger partial charge in [0.25, 0.3) is 0 Å². The molecule has 0 saturated heterocycles. The van der Waals surface area contributed by atoms with E-state index >= 15 is 0 Å². The van der Waals surface area contributed by atoms with E-state index < -0.39 is 17.5 Å². The molecule has 2 aromatic carbocycles. The van der Waals surface area contributed by atoms with Crippen LogP contribution in [0.15, 0.2) is 36.4 Å². The summed E-state index contributed by atoms with van der Waals surface area (Å²) in [6.45, 7) is 0. The average Bonchev–Trinajstić information content (AvgIpc) is 2.61. The Kier molecular flexibility index (Phi) is 5.94. The minimum atomic E-state index is -0.852. The molecule has 0 aliphatic heterocycles. The van der Waals surface area contributed by atoms with Gasteiger partial charge in [-0.05, 0) is 35.9 Å². The number of nitrogens with one attached hydrogen (secondary N) is 1. The molecule has 0 spiro atoms. The quantitative estimate of drug-likeness (QED) is 0.809. The number of anilines is 1. The monoisotopic (exact) mass is 349 g/mol. The summed E-state index contributed by atoms with van der Waals surface area (Å²) in [5.74, 6) is -0.838. The van der Waals surface area contributed by atoms with E-state index in [1.165, 1.54) is 33.5 Å². The number of rotatable bonds is 6. The highest BCUT2D eigenvalue weighted by atomic mass is 19.1. The first-order valence-corrected chi connectivity index (χ1v) is 7.22. The van der Waals surface area contributed by atoms with Gasteiger partial charge in [0.2, 0.25) is 11.7 Å². The zero-order chi connectivity index (χ0) is 18.4. The number of amides is 1. The Labute approximate surface area is 143 Å². The van der Waals surface area contributed by atoms with Crippen LogP contribution in [0.3, 0.4) is 0 Å². The van der Waals surface area contributed by atoms with Crippen LogP contribution in [0, 0.1) is 11.6 Å². The van der Waals surface area contributed by atoms with Gasteiger partial charge in [-0.1, -0.05) is 0 Å². The molecule has 5 nitrogen and oxygen atoms in total. The molecule has 0 bridgehead atoms. The number of methoxy groups -OCH3 is 3. The van der Waals surface area contributed by atoms with Crippen LogP contribution < -0.4 is 19.5 Å². The van der Waals surface area contributed by atoms with Crippen LogP contribution in [0.25, 0.3) is 6.08 Å².